The number of hydrogen-bond acceptors (Lipinski definition) is 5. The number of rotatable bonds is 2. The monoisotopic (exact) mass is 267 g/mol. The molecule has 0 amide bonds. The summed E-state index contributed by atoms with van der Waals surface area (Å²) in [6, 6.07) is 8.20. The summed E-state index contributed by atoms with van der Waals surface area (Å²) in [5, 5.41) is 11.5. The maximum Gasteiger partial charge on any atom is 0.236 e. The van der Waals surface area contributed by atoms with E-state index >= 15 is 0 Å². The van der Waals surface area contributed by atoms with Gasteiger partial charge in [0.25, 0.3) is 0 Å². The highest BCUT2D eigenvalue weighted by Crippen LogP contribution is 2.35. The fourth-order valence-corrected chi connectivity index (χ4v) is 2.53. The fraction of sp³-hybridized carbons (Fsp3) is 0.214. The minimum Gasteiger partial charge on any atom is -0.384 e. The van der Waals surface area contributed by atoms with Gasteiger partial charge in [0.05, 0.1) is 17.7 Å². The van der Waals surface area contributed by atoms with Crippen LogP contribution < -0.4 is 5.32 Å². The zero-order chi connectivity index (χ0) is 13.5. The molecule has 4 rings (SSSR count). The molecule has 0 saturated heterocycles. The smallest absolute Gasteiger partial charge is 0.236 e. The number of benzene rings is 1. The van der Waals surface area contributed by atoms with Gasteiger partial charge < -0.3 is 9.84 Å². The van der Waals surface area contributed by atoms with Gasteiger partial charge in [-0.05, 0) is 11.6 Å². The Hall–Kier alpha value is -2.63. The van der Waals surface area contributed by atoms with Gasteiger partial charge in [-0.15, -0.1) is 0 Å². The van der Waals surface area contributed by atoms with Crippen molar-refractivity contribution in [2.45, 2.75) is 5.92 Å². The zero-order valence-electron chi connectivity index (χ0n) is 10.9. The first-order valence-corrected chi connectivity index (χ1v) is 6.46. The lowest BCUT2D eigenvalue weighted by Gasteiger charge is -2.02. The summed E-state index contributed by atoms with van der Waals surface area (Å²) in [4.78, 5) is 4.50. The Kier molecular flexibility index (Phi) is 2.35. The SMILES string of the molecule is Cn1cc(-c2noc(C3CNc4ccccc43)n2)cn1. The molecule has 1 aromatic carbocycles. The largest absolute Gasteiger partial charge is 0.384 e. The summed E-state index contributed by atoms with van der Waals surface area (Å²) in [5.74, 6) is 1.34. The molecule has 100 valence electrons. The highest BCUT2D eigenvalue weighted by Gasteiger charge is 2.28. The van der Waals surface area contributed by atoms with Crippen molar-refractivity contribution < 1.29 is 4.52 Å². The Morgan fingerprint density at radius 3 is 3.10 bits per heavy atom. The third kappa shape index (κ3) is 1.69. The fourth-order valence-electron chi connectivity index (χ4n) is 2.53. The quantitative estimate of drug-likeness (QED) is 0.769. The topological polar surface area (TPSA) is 68.8 Å². The summed E-state index contributed by atoms with van der Waals surface area (Å²) in [7, 11) is 1.86. The van der Waals surface area contributed by atoms with E-state index < -0.39 is 0 Å². The van der Waals surface area contributed by atoms with Crippen molar-refractivity contribution in [2.75, 3.05) is 11.9 Å². The number of aromatic nitrogens is 4. The second-order valence-electron chi connectivity index (χ2n) is 4.88. The first kappa shape index (κ1) is 11.2. The van der Waals surface area contributed by atoms with E-state index in [0.717, 1.165) is 17.8 Å². The summed E-state index contributed by atoms with van der Waals surface area (Å²) < 4.78 is 7.15. The van der Waals surface area contributed by atoms with Gasteiger partial charge in [-0.2, -0.15) is 10.1 Å². The summed E-state index contributed by atoms with van der Waals surface area (Å²) in [5.41, 5.74) is 3.20. The Morgan fingerprint density at radius 2 is 2.25 bits per heavy atom. The molecule has 6 nitrogen and oxygen atoms in total. The third-order valence-electron chi connectivity index (χ3n) is 3.54. The normalized spacial score (nSPS) is 16.9. The number of fused-ring (bicyclic) bond motifs is 1. The number of nitrogens with zero attached hydrogens (tertiary/aromatic N) is 4. The van der Waals surface area contributed by atoms with E-state index in [1.54, 1.807) is 10.9 Å². The molecule has 1 aliphatic heterocycles. The van der Waals surface area contributed by atoms with Crippen molar-refractivity contribution >= 4 is 5.69 Å². The molecule has 1 N–H and O–H groups in total. The second kappa shape index (κ2) is 4.19. The molecular formula is C14H13N5O. The van der Waals surface area contributed by atoms with Crippen LogP contribution in [0.1, 0.15) is 17.4 Å². The van der Waals surface area contributed by atoms with Crippen LogP contribution in [0.15, 0.2) is 41.2 Å². The van der Waals surface area contributed by atoms with Gasteiger partial charge >= 0.3 is 0 Å². The van der Waals surface area contributed by atoms with Crippen molar-refractivity contribution in [1.82, 2.24) is 19.9 Å². The van der Waals surface area contributed by atoms with Crippen LogP contribution in [-0.4, -0.2) is 26.5 Å². The Bertz CT molecular complexity index is 760. The first-order chi connectivity index (χ1) is 9.81. The minimum absolute atomic E-state index is 0.115. The van der Waals surface area contributed by atoms with Crippen molar-refractivity contribution in [3.05, 3.63) is 48.1 Å². The van der Waals surface area contributed by atoms with E-state index in [4.69, 9.17) is 4.52 Å². The highest BCUT2D eigenvalue weighted by atomic mass is 16.5. The predicted octanol–water partition coefficient (Wildman–Crippen LogP) is 2.03. The molecule has 6 heteroatoms. The van der Waals surface area contributed by atoms with E-state index in [-0.39, 0.29) is 5.92 Å². The van der Waals surface area contributed by atoms with Gasteiger partial charge in [-0.3, -0.25) is 4.68 Å². The van der Waals surface area contributed by atoms with Gasteiger partial charge in [0.2, 0.25) is 11.7 Å². The highest BCUT2D eigenvalue weighted by molar-refractivity contribution is 5.59. The molecule has 1 unspecified atom stereocenters. The van der Waals surface area contributed by atoms with Crippen LogP contribution in [0.4, 0.5) is 5.69 Å². The van der Waals surface area contributed by atoms with Crippen molar-refractivity contribution in [1.29, 1.82) is 0 Å². The lowest BCUT2D eigenvalue weighted by molar-refractivity contribution is 0.371. The lowest BCUT2D eigenvalue weighted by Crippen LogP contribution is -2.03. The van der Waals surface area contributed by atoms with Crippen molar-refractivity contribution in [3.8, 4) is 11.4 Å². The zero-order valence-corrected chi connectivity index (χ0v) is 10.9. The van der Waals surface area contributed by atoms with E-state index in [0.29, 0.717) is 11.7 Å². The molecular weight excluding hydrogens is 254 g/mol. The standard InChI is InChI=1S/C14H13N5O/c1-19-8-9(6-16-19)13-17-14(20-18-13)11-7-15-12-5-3-2-4-10(11)12/h2-6,8,11,15H,7H2,1H3. The second-order valence-corrected chi connectivity index (χ2v) is 4.88. The minimum atomic E-state index is 0.115. The molecule has 2 aromatic heterocycles. The van der Waals surface area contributed by atoms with Gasteiger partial charge in [-0.25, -0.2) is 0 Å². The number of hydrogen-bond donors (Lipinski definition) is 1. The average Bonchev–Trinajstić information content (AvgIpc) is 3.15. The van der Waals surface area contributed by atoms with Crippen LogP contribution in [-0.2, 0) is 7.05 Å². The van der Waals surface area contributed by atoms with E-state index in [2.05, 4.69) is 32.7 Å². The first-order valence-electron chi connectivity index (χ1n) is 6.46. The lowest BCUT2D eigenvalue weighted by atomic mass is 10.0. The van der Waals surface area contributed by atoms with Crippen molar-refractivity contribution in [3.63, 3.8) is 0 Å². The molecule has 0 aliphatic carbocycles. The number of para-hydroxylation sites is 1. The van der Waals surface area contributed by atoms with Crippen LogP contribution in [0, 0.1) is 0 Å². The van der Waals surface area contributed by atoms with Crippen LogP contribution >= 0.6 is 0 Å². The summed E-state index contributed by atoms with van der Waals surface area (Å²) >= 11 is 0. The molecule has 0 saturated carbocycles. The number of aryl methyl sites for hydroxylation is 1. The third-order valence-corrected chi connectivity index (χ3v) is 3.54. The predicted molar refractivity (Wildman–Crippen MR) is 73.3 cm³/mol. The summed E-state index contributed by atoms with van der Waals surface area (Å²) in [6.07, 6.45) is 3.60. The van der Waals surface area contributed by atoms with Gasteiger partial charge in [0.15, 0.2) is 0 Å². The molecule has 0 fully saturated rings. The summed E-state index contributed by atoms with van der Waals surface area (Å²) in [6.45, 7) is 0.786. The number of anilines is 1. The molecule has 3 heterocycles. The van der Waals surface area contributed by atoms with Crippen LogP contribution in [0.5, 0.6) is 0 Å². The van der Waals surface area contributed by atoms with Gasteiger partial charge in [-0.1, -0.05) is 23.4 Å². The van der Waals surface area contributed by atoms with E-state index in [1.165, 1.54) is 5.56 Å². The van der Waals surface area contributed by atoms with Crippen molar-refractivity contribution in [2.24, 2.45) is 7.05 Å². The molecule has 1 atom stereocenters. The van der Waals surface area contributed by atoms with Crippen LogP contribution in [0.3, 0.4) is 0 Å². The Labute approximate surface area is 115 Å². The molecule has 0 spiro atoms. The molecule has 3 aromatic rings. The Balaban J connectivity index is 1.70. The Morgan fingerprint density at radius 1 is 1.35 bits per heavy atom. The number of nitrogens with one attached hydrogen (secondary N) is 1. The maximum absolute atomic E-state index is 5.43. The van der Waals surface area contributed by atoms with Gasteiger partial charge in [0, 0.05) is 25.5 Å². The van der Waals surface area contributed by atoms with Gasteiger partial charge in [0.1, 0.15) is 0 Å². The van der Waals surface area contributed by atoms with E-state index in [9.17, 15) is 0 Å². The molecule has 0 bridgehead atoms. The van der Waals surface area contributed by atoms with E-state index in [1.807, 2.05) is 25.4 Å². The average molecular weight is 267 g/mol. The molecule has 20 heavy (non-hydrogen) atoms. The maximum atomic E-state index is 5.43. The van der Waals surface area contributed by atoms with Crippen LogP contribution in [0.2, 0.25) is 0 Å². The molecule has 1 aliphatic rings. The molecule has 0 radical (unpaired) electrons. The van der Waals surface area contributed by atoms with Crippen LogP contribution in [0.25, 0.3) is 11.4 Å².